The summed E-state index contributed by atoms with van der Waals surface area (Å²) >= 11 is 4.83. The van der Waals surface area contributed by atoms with Crippen molar-refractivity contribution in [2.75, 3.05) is 7.11 Å². The predicted octanol–water partition coefficient (Wildman–Crippen LogP) is 3.89. The van der Waals surface area contributed by atoms with Gasteiger partial charge in [0.15, 0.2) is 0 Å². The number of hydrogen-bond donors (Lipinski definition) is 1. The van der Waals surface area contributed by atoms with Crippen LogP contribution in [-0.4, -0.2) is 26.5 Å². The van der Waals surface area contributed by atoms with Gasteiger partial charge in [0.25, 0.3) is 0 Å². The van der Waals surface area contributed by atoms with Crippen LogP contribution >= 0.6 is 27.3 Å². The van der Waals surface area contributed by atoms with Gasteiger partial charge in [-0.2, -0.15) is 0 Å². The summed E-state index contributed by atoms with van der Waals surface area (Å²) in [7, 11) is -2.33. The van der Waals surface area contributed by atoms with Crippen LogP contribution in [0.2, 0.25) is 0 Å². The Balaban J connectivity index is 1.77. The first kappa shape index (κ1) is 21.4. The lowest BCUT2D eigenvalue weighted by Gasteiger charge is -2.08. The minimum atomic E-state index is -3.91. The number of aryl methyl sites for hydroxylation is 1. The van der Waals surface area contributed by atoms with Gasteiger partial charge in [0, 0.05) is 9.85 Å². The van der Waals surface area contributed by atoms with Gasteiger partial charge in [-0.05, 0) is 42.8 Å². The zero-order valence-electron chi connectivity index (χ0n) is 15.5. The molecule has 152 valence electrons. The van der Waals surface area contributed by atoms with Gasteiger partial charge in [-0.25, -0.2) is 23.3 Å². The average Bonchev–Trinajstić information content (AvgIpc) is 3.14. The van der Waals surface area contributed by atoms with Gasteiger partial charge >= 0.3 is 5.97 Å². The van der Waals surface area contributed by atoms with Crippen LogP contribution in [0, 0.1) is 6.92 Å². The van der Waals surface area contributed by atoms with Crippen LogP contribution in [0.15, 0.2) is 51.1 Å². The molecule has 0 amide bonds. The number of benzene rings is 2. The molecule has 2 aromatic carbocycles. The van der Waals surface area contributed by atoms with E-state index in [0.29, 0.717) is 17.0 Å². The van der Waals surface area contributed by atoms with Gasteiger partial charge in [-0.3, -0.25) is 0 Å². The van der Waals surface area contributed by atoms with Crippen LogP contribution in [0.1, 0.15) is 21.6 Å². The van der Waals surface area contributed by atoms with E-state index in [-0.39, 0.29) is 17.1 Å². The van der Waals surface area contributed by atoms with Crippen molar-refractivity contribution in [3.05, 3.63) is 63.1 Å². The largest absolute Gasteiger partial charge is 0.496 e. The van der Waals surface area contributed by atoms with Crippen LogP contribution in [0.3, 0.4) is 0 Å². The molecular formula is C19H17BrN2O5S2. The molecule has 10 heteroatoms. The quantitative estimate of drug-likeness (QED) is 0.518. The van der Waals surface area contributed by atoms with E-state index in [2.05, 4.69) is 20.9 Å². The summed E-state index contributed by atoms with van der Waals surface area (Å²) < 4.78 is 34.6. The monoisotopic (exact) mass is 496 g/mol. The number of carbonyl (C=O) groups is 1. The van der Waals surface area contributed by atoms with Crippen molar-refractivity contribution in [3.63, 3.8) is 0 Å². The minimum absolute atomic E-state index is 0.0509. The number of ether oxygens (including phenoxy) is 2. The Hall–Kier alpha value is -2.27. The lowest BCUT2D eigenvalue weighted by atomic mass is 10.1. The minimum Gasteiger partial charge on any atom is -0.496 e. The number of methoxy groups -OCH3 is 1. The molecule has 0 aliphatic carbocycles. The average molecular weight is 497 g/mol. The maximum Gasteiger partial charge on any atom is 0.338 e. The molecule has 0 saturated carbocycles. The molecule has 0 atom stereocenters. The Bertz CT molecular complexity index is 1180. The van der Waals surface area contributed by atoms with Gasteiger partial charge < -0.3 is 9.47 Å². The van der Waals surface area contributed by atoms with Crippen LogP contribution in [0.25, 0.3) is 10.6 Å². The number of carbonyl (C=O) groups excluding carboxylic acids is 1. The van der Waals surface area contributed by atoms with Crippen molar-refractivity contribution >= 4 is 43.3 Å². The zero-order valence-corrected chi connectivity index (χ0v) is 18.7. The zero-order chi connectivity index (χ0) is 21.2. The molecular weight excluding hydrogens is 480 g/mol. The van der Waals surface area contributed by atoms with Gasteiger partial charge in [0.2, 0.25) is 10.0 Å². The highest BCUT2D eigenvalue weighted by Crippen LogP contribution is 2.34. The second kappa shape index (κ2) is 8.62. The van der Waals surface area contributed by atoms with E-state index in [0.717, 1.165) is 15.0 Å². The number of thiazole rings is 1. The third kappa shape index (κ3) is 5.02. The number of nitrogens with zero attached hydrogens (tertiary/aromatic N) is 1. The van der Waals surface area contributed by atoms with E-state index in [1.54, 1.807) is 19.4 Å². The summed E-state index contributed by atoms with van der Waals surface area (Å²) in [5, 5.41) is 7.64. The van der Waals surface area contributed by atoms with E-state index in [1.807, 2.05) is 18.2 Å². The summed E-state index contributed by atoms with van der Waals surface area (Å²) in [4.78, 5) is 16.8. The molecule has 7 nitrogen and oxygen atoms in total. The van der Waals surface area contributed by atoms with E-state index >= 15 is 0 Å². The van der Waals surface area contributed by atoms with E-state index in [4.69, 9.17) is 14.6 Å². The summed E-state index contributed by atoms with van der Waals surface area (Å²) in [5.41, 5.74) is 2.11. The Morgan fingerprint density at radius 3 is 2.69 bits per heavy atom. The topological polar surface area (TPSA) is 109 Å². The fraction of sp³-hybridized carbons (Fsp3) is 0.158. The molecule has 0 spiro atoms. The van der Waals surface area contributed by atoms with Crippen molar-refractivity contribution in [2.24, 2.45) is 5.14 Å². The highest BCUT2D eigenvalue weighted by atomic mass is 79.9. The number of esters is 1. The molecule has 3 rings (SSSR count). The third-order valence-electron chi connectivity index (χ3n) is 4.05. The van der Waals surface area contributed by atoms with Crippen molar-refractivity contribution in [3.8, 4) is 16.3 Å². The number of sulfonamides is 1. The highest BCUT2D eigenvalue weighted by Gasteiger charge is 2.17. The molecule has 0 saturated heterocycles. The lowest BCUT2D eigenvalue weighted by molar-refractivity contribution is 0.0467. The predicted molar refractivity (Wildman–Crippen MR) is 113 cm³/mol. The van der Waals surface area contributed by atoms with Crippen molar-refractivity contribution in [2.45, 2.75) is 18.4 Å². The molecule has 1 aromatic heterocycles. The number of halogens is 1. The number of primary sulfonamides is 1. The Morgan fingerprint density at radius 1 is 1.24 bits per heavy atom. The van der Waals surface area contributed by atoms with Gasteiger partial charge in [-0.1, -0.05) is 22.0 Å². The summed E-state index contributed by atoms with van der Waals surface area (Å²) in [6.07, 6.45) is 0. The number of aromatic nitrogens is 1. The van der Waals surface area contributed by atoms with Crippen molar-refractivity contribution in [1.29, 1.82) is 0 Å². The summed E-state index contributed by atoms with van der Waals surface area (Å²) in [5.74, 6) is 0.0316. The Labute approximate surface area is 180 Å². The number of hydrogen-bond acceptors (Lipinski definition) is 7. The van der Waals surface area contributed by atoms with Crippen LogP contribution in [0.4, 0.5) is 0 Å². The smallest absolute Gasteiger partial charge is 0.338 e. The Kier molecular flexibility index (Phi) is 6.37. The summed E-state index contributed by atoms with van der Waals surface area (Å²) in [6.45, 7) is 1.63. The summed E-state index contributed by atoms with van der Waals surface area (Å²) in [6, 6.07) is 9.68. The van der Waals surface area contributed by atoms with Crippen LogP contribution in [0.5, 0.6) is 5.75 Å². The number of nitrogens with two attached hydrogens (primary N) is 1. The molecule has 1 heterocycles. The molecule has 3 aromatic rings. The molecule has 0 aliphatic heterocycles. The first-order chi connectivity index (χ1) is 13.7. The van der Waals surface area contributed by atoms with Crippen molar-refractivity contribution in [1.82, 2.24) is 4.98 Å². The molecule has 0 unspecified atom stereocenters. The Morgan fingerprint density at radius 2 is 2.00 bits per heavy atom. The SMILES string of the molecule is COc1ccc(Br)cc1-c1nc(COC(=O)c2cc(S(N)(=O)=O)ccc2C)cs1. The standard InChI is InChI=1S/C19H17BrN2O5S2/c1-11-3-5-14(29(21,24)25)8-15(11)19(23)27-9-13-10-28-18(22-13)16-7-12(20)4-6-17(16)26-2/h3-8,10H,9H2,1-2H3,(H2,21,24,25). The van der Waals surface area contributed by atoms with Gasteiger partial charge in [-0.15, -0.1) is 11.3 Å². The lowest BCUT2D eigenvalue weighted by Crippen LogP contribution is -2.14. The first-order valence-corrected chi connectivity index (χ1v) is 11.5. The maximum atomic E-state index is 12.4. The molecule has 0 aliphatic rings. The van der Waals surface area contributed by atoms with Gasteiger partial charge in [0.1, 0.15) is 17.4 Å². The fourth-order valence-electron chi connectivity index (χ4n) is 2.56. The van der Waals surface area contributed by atoms with Crippen LogP contribution < -0.4 is 9.88 Å². The molecule has 0 radical (unpaired) electrons. The fourth-order valence-corrected chi connectivity index (χ4v) is 4.29. The second-order valence-electron chi connectivity index (χ2n) is 6.09. The van der Waals surface area contributed by atoms with Crippen LogP contribution in [-0.2, 0) is 21.4 Å². The maximum absolute atomic E-state index is 12.4. The molecule has 0 fully saturated rings. The molecule has 2 N–H and O–H groups in total. The van der Waals surface area contributed by atoms with Gasteiger partial charge in [0.05, 0.1) is 28.8 Å². The first-order valence-electron chi connectivity index (χ1n) is 8.28. The molecule has 0 bridgehead atoms. The van der Waals surface area contributed by atoms with E-state index in [9.17, 15) is 13.2 Å². The van der Waals surface area contributed by atoms with E-state index in [1.165, 1.54) is 29.5 Å². The third-order valence-corrected chi connectivity index (χ3v) is 6.38. The molecule has 29 heavy (non-hydrogen) atoms. The van der Waals surface area contributed by atoms with E-state index < -0.39 is 16.0 Å². The van der Waals surface area contributed by atoms with Crippen molar-refractivity contribution < 1.29 is 22.7 Å². The number of rotatable bonds is 6. The second-order valence-corrected chi connectivity index (χ2v) is 9.42. The highest BCUT2D eigenvalue weighted by molar-refractivity contribution is 9.10. The normalized spacial score (nSPS) is 11.3.